The van der Waals surface area contributed by atoms with E-state index in [4.69, 9.17) is 11.6 Å². The number of fused-ring (bicyclic) bond motifs is 5. The largest absolute Gasteiger partial charge is 0.275 e. The highest BCUT2D eigenvalue weighted by molar-refractivity contribution is 6.30. The van der Waals surface area contributed by atoms with Crippen molar-refractivity contribution in [2.75, 3.05) is 0 Å². The van der Waals surface area contributed by atoms with Gasteiger partial charge in [-0.05, 0) is 55.4 Å². The second-order valence-electron chi connectivity index (χ2n) is 9.07. The Morgan fingerprint density at radius 2 is 1.57 bits per heavy atom. The van der Waals surface area contributed by atoms with Crippen LogP contribution in [0.4, 0.5) is 11.4 Å². The van der Waals surface area contributed by atoms with Gasteiger partial charge < -0.3 is 0 Å². The van der Waals surface area contributed by atoms with Crippen molar-refractivity contribution in [3.63, 3.8) is 0 Å². The average molecular weight is 499 g/mol. The third-order valence-corrected chi connectivity index (χ3v) is 7.50. The molecule has 3 aliphatic rings. The van der Waals surface area contributed by atoms with Gasteiger partial charge in [-0.15, -0.1) is 0 Å². The third-order valence-electron chi connectivity index (χ3n) is 7.27. The molecular weight excluding hydrogens is 480 g/mol. The summed E-state index contributed by atoms with van der Waals surface area (Å²) in [6.45, 7) is -0.435. The number of benzene rings is 2. The Bertz CT molecular complexity index is 1250. The third kappa shape index (κ3) is 3.72. The van der Waals surface area contributed by atoms with Crippen molar-refractivity contribution in [3.8, 4) is 0 Å². The molecule has 0 spiro atoms. The van der Waals surface area contributed by atoms with E-state index in [1.807, 2.05) is 0 Å². The summed E-state index contributed by atoms with van der Waals surface area (Å²) in [6.07, 6.45) is 2.49. The minimum Gasteiger partial charge on any atom is -0.272 e. The first-order valence-electron chi connectivity index (χ1n) is 11.0. The minimum atomic E-state index is -0.779. The first-order chi connectivity index (χ1) is 16.7. The number of halogens is 1. The van der Waals surface area contributed by atoms with Crippen LogP contribution in [0.5, 0.6) is 0 Å². The van der Waals surface area contributed by atoms with Crippen LogP contribution < -0.4 is 0 Å². The molecule has 180 valence electrons. The number of imide groups is 1. The lowest BCUT2D eigenvalue weighted by molar-refractivity contribution is -0.385. The molecule has 2 bridgehead atoms. The molecule has 2 aromatic rings. The van der Waals surface area contributed by atoms with Crippen molar-refractivity contribution in [1.29, 1.82) is 0 Å². The number of hydrogen-bond donors (Lipinski definition) is 0. The van der Waals surface area contributed by atoms with E-state index in [0.717, 1.165) is 47.5 Å². The van der Waals surface area contributed by atoms with Gasteiger partial charge in [0.1, 0.15) is 0 Å². The lowest BCUT2D eigenvalue weighted by Crippen LogP contribution is -2.50. The van der Waals surface area contributed by atoms with Crippen LogP contribution in [0, 0.1) is 43.9 Å². The van der Waals surface area contributed by atoms with E-state index in [1.165, 1.54) is 24.3 Å². The quantitative estimate of drug-likeness (QED) is 0.335. The first kappa shape index (κ1) is 22.9. The van der Waals surface area contributed by atoms with E-state index in [1.54, 1.807) is 0 Å². The summed E-state index contributed by atoms with van der Waals surface area (Å²) >= 11 is 5.91. The van der Waals surface area contributed by atoms with Crippen molar-refractivity contribution < 1.29 is 24.2 Å². The second kappa shape index (κ2) is 8.42. The lowest BCUT2D eigenvalue weighted by atomic mass is 9.81. The Morgan fingerprint density at radius 3 is 2.11 bits per heavy atom. The monoisotopic (exact) mass is 498 g/mol. The molecule has 0 unspecified atom stereocenters. The smallest absolute Gasteiger partial charge is 0.272 e. The maximum atomic E-state index is 13.6. The highest BCUT2D eigenvalue weighted by Crippen LogP contribution is 2.56. The van der Waals surface area contributed by atoms with Crippen LogP contribution in [0.1, 0.15) is 35.2 Å². The zero-order valence-corrected chi connectivity index (χ0v) is 19.0. The fourth-order valence-corrected chi connectivity index (χ4v) is 5.91. The number of nitro benzene ring substituents is 2. The molecule has 2 aliphatic carbocycles. The summed E-state index contributed by atoms with van der Waals surface area (Å²) in [4.78, 5) is 61.8. The number of carbonyl (C=O) groups is 3. The molecule has 12 heteroatoms. The van der Waals surface area contributed by atoms with Crippen LogP contribution in [-0.2, 0) is 16.1 Å². The molecule has 1 heterocycles. The van der Waals surface area contributed by atoms with Gasteiger partial charge >= 0.3 is 0 Å². The molecule has 0 radical (unpaired) electrons. The number of non-ortho nitro benzene ring substituents is 1. The number of carbonyl (C=O) groups excluding carboxylic acids is 3. The summed E-state index contributed by atoms with van der Waals surface area (Å²) in [5.74, 6) is -2.61. The molecule has 35 heavy (non-hydrogen) atoms. The number of nitrogens with zero attached hydrogens (tertiary/aromatic N) is 4. The SMILES string of the molecule is O=C(c1ccc([N+](=O)[O-])cc1)N(Cc1ccc(Cl)cc1[N+](=O)[O-])N1C(=O)[C@@H]2[C@H]3CC[C@@H](C3)[C@H]2C1=O. The number of nitro groups is 2. The fraction of sp³-hybridized carbons (Fsp3) is 0.348. The maximum Gasteiger partial charge on any atom is 0.275 e. The van der Waals surface area contributed by atoms with Crippen LogP contribution in [0.15, 0.2) is 42.5 Å². The molecule has 2 aromatic carbocycles. The summed E-state index contributed by atoms with van der Waals surface area (Å²) in [7, 11) is 0. The van der Waals surface area contributed by atoms with Gasteiger partial charge in [-0.2, -0.15) is 5.01 Å². The first-order valence-corrected chi connectivity index (χ1v) is 11.4. The predicted molar refractivity (Wildman–Crippen MR) is 121 cm³/mol. The van der Waals surface area contributed by atoms with Crippen LogP contribution in [0.3, 0.4) is 0 Å². The summed E-state index contributed by atoms with van der Waals surface area (Å²) in [5, 5.41) is 24.5. The van der Waals surface area contributed by atoms with Crippen LogP contribution >= 0.6 is 11.6 Å². The normalized spacial score (nSPS) is 24.5. The molecule has 4 atom stereocenters. The van der Waals surface area contributed by atoms with Crippen molar-refractivity contribution >= 4 is 40.7 Å². The van der Waals surface area contributed by atoms with Crippen LogP contribution in [-0.4, -0.2) is 37.6 Å². The number of hydrogen-bond acceptors (Lipinski definition) is 7. The zero-order chi connectivity index (χ0) is 25.0. The van der Waals surface area contributed by atoms with Gasteiger partial charge in [0.05, 0.1) is 33.8 Å². The molecular formula is C23H19ClN4O7. The van der Waals surface area contributed by atoms with Gasteiger partial charge in [-0.25, -0.2) is 5.01 Å². The van der Waals surface area contributed by atoms with E-state index < -0.39 is 45.9 Å². The van der Waals surface area contributed by atoms with Crippen molar-refractivity contribution in [3.05, 3.63) is 78.8 Å². The molecule has 1 saturated heterocycles. The van der Waals surface area contributed by atoms with E-state index in [-0.39, 0.29) is 39.4 Å². The fourth-order valence-electron chi connectivity index (χ4n) is 5.74. The molecule has 1 aliphatic heterocycles. The van der Waals surface area contributed by atoms with Crippen molar-refractivity contribution in [1.82, 2.24) is 10.0 Å². The van der Waals surface area contributed by atoms with E-state index in [2.05, 4.69) is 0 Å². The van der Waals surface area contributed by atoms with Gasteiger partial charge in [0.2, 0.25) is 0 Å². The van der Waals surface area contributed by atoms with Crippen LogP contribution in [0.25, 0.3) is 0 Å². The molecule has 2 saturated carbocycles. The lowest BCUT2D eigenvalue weighted by Gasteiger charge is -2.31. The van der Waals surface area contributed by atoms with Gasteiger partial charge in [0.15, 0.2) is 0 Å². The minimum absolute atomic E-state index is 0.00662. The molecule has 5 rings (SSSR count). The number of amides is 3. The van der Waals surface area contributed by atoms with Gasteiger partial charge in [-0.1, -0.05) is 11.6 Å². The zero-order valence-electron chi connectivity index (χ0n) is 18.2. The van der Waals surface area contributed by atoms with E-state index >= 15 is 0 Å². The van der Waals surface area contributed by atoms with E-state index in [9.17, 15) is 34.6 Å². The summed E-state index contributed by atoms with van der Waals surface area (Å²) in [5.41, 5.74) is -0.526. The van der Waals surface area contributed by atoms with Gasteiger partial charge in [0, 0.05) is 28.8 Å². The Hall–Kier alpha value is -3.86. The summed E-state index contributed by atoms with van der Waals surface area (Å²) < 4.78 is 0. The van der Waals surface area contributed by atoms with Crippen molar-refractivity contribution in [2.45, 2.75) is 25.8 Å². The highest BCUT2D eigenvalue weighted by Gasteiger charge is 2.62. The molecule has 3 amide bonds. The Morgan fingerprint density at radius 1 is 0.971 bits per heavy atom. The average Bonchev–Trinajstić information content (AvgIpc) is 3.52. The van der Waals surface area contributed by atoms with Crippen LogP contribution in [0.2, 0.25) is 5.02 Å². The maximum absolute atomic E-state index is 13.6. The number of hydrazine groups is 1. The second-order valence-corrected chi connectivity index (χ2v) is 9.51. The number of rotatable bonds is 6. The topological polar surface area (TPSA) is 144 Å². The van der Waals surface area contributed by atoms with Gasteiger partial charge in [-0.3, -0.25) is 34.6 Å². The summed E-state index contributed by atoms with van der Waals surface area (Å²) in [6, 6.07) is 8.64. The van der Waals surface area contributed by atoms with E-state index in [0.29, 0.717) is 0 Å². The molecule has 0 N–H and O–H groups in total. The van der Waals surface area contributed by atoms with Gasteiger partial charge in [0.25, 0.3) is 29.1 Å². The predicted octanol–water partition coefficient (Wildman–Crippen LogP) is 3.74. The highest BCUT2D eigenvalue weighted by atomic mass is 35.5. The molecule has 3 fully saturated rings. The molecule has 0 aromatic heterocycles. The Balaban J connectivity index is 1.55. The Labute approximate surface area is 203 Å². The Kier molecular flexibility index (Phi) is 5.51. The molecule has 11 nitrogen and oxygen atoms in total. The van der Waals surface area contributed by atoms with Crippen molar-refractivity contribution in [2.24, 2.45) is 23.7 Å². The standard InChI is InChI=1S/C23H19ClN4O7/c24-16-6-3-15(18(10-16)28(34)35)11-25(21(29)12-4-7-17(8-5-12)27(32)33)26-22(30)19-13-1-2-14(9-13)20(19)23(26)31/h3-8,10,13-14,19-20H,1-2,9,11H2/t13-,14-,19+,20+/m0/s1.